The zero-order valence-electron chi connectivity index (χ0n) is 8.53. The average molecular weight is 230 g/mol. The van der Waals surface area contributed by atoms with Crippen LogP contribution in [0.15, 0.2) is 4.90 Å². The number of hydrogen-bond acceptors (Lipinski definition) is 1. The molecule has 0 saturated heterocycles. The lowest BCUT2D eigenvalue weighted by atomic mass is 9.91. The molecule has 2 radical (unpaired) electrons. The van der Waals surface area contributed by atoms with Crippen LogP contribution >= 0.6 is 11.8 Å². The Hall–Kier alpha value is -0.575. The van der Waals surface area contributed by atoms with Crippen molar-refractivity contribution in [3.8, 4) is 0 Å². The molecule has 1 aromatic rings. The molecule has 0 unspecified atom stereocenters. The summed E-state index contributed by atoms with van der Waals surface area (Å²) in [5.74, 6) is -2.86. The van der Waals surface area contributed by atoms with Crippen LogP contribution in [0.4, 0.5) is 13.2 Å². The number of rotatable bonds is 3. The van der Waals surface area contributed by atoms with E-state index in [-0.39, 0.29) is 22.3 Å². The topological polar surface area (TPSA) is 0 Å². The predicted octanol–water partition coefficient (Wildman–Crippen LogP) is 3.06. The van der Waals surface area contributed by atoms with Crippen molar-refractivity contribution in [2.24, 2.45) is 0 Å². The summed E-state index contributed by atoms with van der Waals surface area (Å²) in [6.45, 7) is 1.68. The van der Waals surface area contributed by atoms with Crippen LogP contribution in [0.2, 0.25) is 0 Å². The van der Waals surface area contributed by atoms with E-state index in [1.54, 1.807) is 6.92 Å². The van der Waals surface area contributed by atoms with Gasteiger partial charge >= 0.3 is 0 Å². The molecule has 0 aliphatic heterocycles. The van der Waals surface area contributed by atoms with Crippen molar-refractivity contribution in [2.45, 2.75) is 24.6 Å². The molecule has 0 fully saturated rings. The maximum absolute atomic E-state index is 13.7. The summed E-state index contributed by atoms with van der Waals surface area (Å²) in [7, 11) is 5.28. The summed E-state index contributed by atoms with van der Waals surface area (Å²) < 4.78 is 40.5. The highest BCUT2D eigenvalue weighted by molar-refractivity contribution is 7.98. The molecule has 80 valence electrons. The van der Waals surface area contributed by atoms with Gasteiger partial charge in [0.05, 0.1) is 12.7 Å². The van der Waals surface area contributed by atoms with Gasteiger partial charge in [0.1, 0.15) is 5.82 Å². The van der Waals surface area contributed by atoms with Crippen molar-refractivity contribution in [3.63, 3.8) is 0 Å². The summed E-state index contributed by atoms with van der Waals surface area (Å²) in [4.78, 5) is -0.276. The van der Waals surface area contributed by atoms with Crippen molar-refractivity contribution in [1.29, 1.82) is 0 Å². The summed E-state index contributed by atoms with van der Waals surface area (Å²) in [5, 5.41) is 0. The molecule has 15 heavy (non-hydrogen) atoms. The Morgan fingerprint density at radius 3 is 2.07 bits per heavy atom. The lowest BCUT2D eigenvalue weighted by Crippen LogP contribution is -2.07. The van der Waals surface area contributed by atoms with Gasteiger partial charge in [-0.25, -0.2) is 13.2 Å². The van der Waals surface area contributed by atoms with Crippen LogP contribution in [0, 0.1) is 17.5 Å². The molecule has 5 heteroatoms. The molecule has 0 N–H and O–H groups in total. The molecule has 0 heterocycles. The van der Waals surface area contributed by atoms with Gasteiger partial charge in [0.15, 0.2) is 11.6 Å². The van der Waals surface area contributed by atoms with Crippen LogP contribution < -0.4 is 0 Å². The van der Waals surface area contributed by atoms with Gasteiger partial charge in [0, 0.05) is 0 Å². The molecular formula is C10H10BF3S. The summed E-state index contributed by atoms with van der Waals surface area (Å²) >= 11 is 0.854. The van der Waals surface area contributed by atoms with E-state index >= 15 is 0 Å². The Kier molecular flexibility index (Phi) is 4.14. The van der Waals surface area contributed by atoms with Crippen LogP contribution in [0.3, 0.4) is 0 Å². The molecule has 1 aromatic carbocycles. The second-order valence-electron chi connectivity index (χ2n) is 2.99. The molecule has 0 aromatic heterocycles. The van der Waals surface area contributed by atoms with Crippen molar-refractivity contribution >= 4 is 19.6 Å². The number of halogens is 3. The highest BCUT2D eigenvalue weighted by Gasteiger charge is 2.22. The minimum absolute atomic E-state index is 0.0645. The molecule has 0 saturated carbocycles. The van der Waals surface area contributed by atoms with Gasteiger partial charge in [-0.3, -0.25) is 0 Å². The van der Waals surface area contributed by atoms with E-state index < -0.39 is 17.5 Å². The Morgan fingerprint density at radius 2 is 1.67 bits per heavy atom. The Balaban J connectivity index is 3.57. The number of hydrogen-bond donors (Lipinski definition) is 0. The molecule has 0 amide bonds. The monoisotopic (exact) mass is 230 g/mol. The van der Waals surface area contributed by atoms with Crippen LogP contribution in [0.1, 0.15) is 18.1 Å². The van der Waals surface area contributed by atoms with Crippen LogP contribution in [0.5, 0.6) is 0 Å². The molecule has 0 aliphatic carbocycles. The minimum Gasteiger partial charge on any atom is -0.205 e. The van der Waals surface area contributed by atoms with Crippen molar-refractivity contribution < 1.29 is 13.2 Å². The third kappa shape index (κ3) is 2.02. The molecule has 0 nitrogen and oxygen atoms in total. The van der Waals surface area contributed by atoms with E-state index in [9.17, 15) is 13.2 Å². The maximum Gasteiger partial charge on any atom is 0.175 e. The van der Waals surface area contributed by atoms with Gasteiger partial charge in [-0.15, -0.1) is 11.8 Å². The molecule has 0 atom stereocenters. The fourth-order valence-electron chi connectivity index (χ4n) is 1.49. The first-order valence-corrected chi connectivity index (χ1v) is 5.73. The fourth-order valence-corrected chi connectivity index (χ4v) is 2.06. The maximum atomic E-state index is 13.7. The molecule has 0 spiro atoms. The zero-order chi connectivity index (χ0) is 11.6. The highest BCUT2D eigenvalue weighted by Crippen LogP contribution is 2.31. The largest absolute Gasteiger partial charge is 0.205 e. The van der Waals surface area contributed by atoms with Crippen molar-refractivity contribution in [2.75, 3.05) is 6.26 Å². The van der Waals surface area contributed by atoms with Crippen molar-refractivity contribution in [1.82, 2.24) is 0 Å². The highest BCUT2D eigenvalue weighted by atomic mass is 32.2. The molecular weight excluding hydrogens is 220 g/mol. The molecule has 0 aliphatic rings. The van der Waals surface area contributed by atoms with Gasteiger partial charge in [-0.2, -0.15) is 0 Å². The van der Waals surface area contributed by atoms with Crippen molar-refractivity contribution in [3.05, 3.63) is 28.6 Å². The van der Waals surface area contributed by atoms with Gasteiger partial charge in [-0.05, 0) is 23.8 Å². The van der Waals surface area contributed by atoms with Gasteiger partial charge in [0.2, 0.25) is 0 Å². The predicted molar refractivity (Wildman–Crippen MR) is 56.9 cm³/mol. The smallest absolute Gasteiger partial charge is 0.175 e. The fraction of sp³-hybridized carbons (Fsp3) is 0.400. The summed E-state index contributed by atoms with van der Waals surface area (Å²) in [5.41, 5.74) is 0.103. The zero-order valence-corrected chi connectivity index (χ0v) is 9.35. The Bertz CT molecular complexity index is 380. The molecule has 1 rings (SSSR count). The number of benzene rings is 1. The first kappa shape index (κ1) is 12.5. The van der Waals surface area contributed by atoms with Gasteiger partial charge in [0.25, 0.3) is 0 Å². The van der Waals surface area contributed by atoms with E-state index in [0.717, 1.165) is 11.8 Å². The third-order valence-corrected chi connectivity index (χ3v) is 3.01. The minimum atomic E-state index is -1.14. The standard InChI is InChI=1S/C10H10BF3S/c1-3-5-6(4-11)7(12)9(14)10(15-2)8(5)13/h3-4H2,1-2H3. The first-order chi connectivity index (χ1) is 7.08. The SMILES string of the molecule is [B]Cc1c(F)c(F)c(SC)c(F)c1CC. The van der Waals surface area contributed by atoms with E-state index in [2.05, 4.69) is 0 Å². The normalized spacial score (nSPS) is 10.7. The second kappa shape index (κ2) is 4.97. The van der Waals surface area contributed by atoms with Gasteiger partial charge < -0.3 is 0 Å². The summed E-state index contributed by atoms with van der Waals surface area (Å²) in [6, 6.07) is 0. The van der Waals surface area contributed by atoms with Crippen LogP contribution in [-0.4, -0.2) is 14.1 Å². The van der Waals surface area contributed by atoms with Gasteiger partial charge in [-0.1, -0.05) is 13.2 Å². The lowest BCUT2D eigenvalue weighted by molar-refractivity contribution is 0.455. The van der Waals surface area contributed by atoms with Crippen LogP contribution in [0.25, 0.3) is 0 Å². The Labute approximate surface area is 92.7 Å². The van der Waals surface area contributed by atoms with E-state index in [1.165, 1.54) is 6.26 Å². The second-order valence-corrected chi connectivity index (χ2v) is 3.81. The van der Waals surface area contributed by atoms with E-state index in [4.69, 9.17) is 7.85 Å². The van der Waals surface area contributed by atoms with E-state index in [1.807, 2.05) is 0 Å². The quantitative estimate of drug-likeness (QED) is 0.437. The first-order valence-electron chi connectivity index (χ1n) is 4.50. The average Bonchev–Trinajstić information content (AvgIpc) is 2.23. The lowest BCUT2D eigenvalue weighted by Gasteiger charge is -2.13. The Morgan fingerprint density at radius 1 is 1.07 bits per heavy atom. The molecule has 0 bridgehead atoms. The van der Waals surface area contributed by atoms with E-state index in [0.29, 0.717) is 6.42 Å². The third-order valence-electron chi connectivity index (χ3n) is 2.25. The number of thioether (sulfide) groups is 1. The van der Waals surface area contributed by atoms with Crippen LogP contribution in [-0.2, 0) is 12.7 Å². The summed E-state index contributed by atoms with van der Waals surface area (Å²) in [6.07, 6.45) is 1.60.